The highest BCUT2D eigenvalue weighted by atomic mass is 35.5. The van der Waals surface area contributed by atoms with E-state index >= 15 is 0 Å². The van der Waals surface area contributed by atoms with E-state index in [1.165, 1.54) is 0 Å². The molecule has 1 fully saturated rings. The first kappa shape index (κ1) is 14.1. The quantitative estimate of drug-likeness (QED) is 0.690. The van der Waals surface area contributed by atoms with E-state index in [9.17, 15) is 5.11 Å². The van der Waals surface area contributed by atoms with Gasteiger partial charge in [0.15, 0.2) is 0 Å². The Balaban J connectivity index is 0.00000144. The van der Waals surface area contributed by atoms with Gasteiger partial charge in [-0.3, -0.25) is 0 Å². The number of rotatable bonds is 0. The average molecular weight is 252 g/mol. The fraction of sp³-hybridized carbons (Fsp3) is 0.429. The summed E-state index contributed by atoms with van der Waals surface area (Å²) in [6, 6.07) is 8.01. The monoisotopic (exact) mass is 251 g/mol. The summed E-state index contributed by atoms with van der Waals surface area (Å²) >= 11 is 0. The molecule has 1 aromatic carbocycles. The van der Waals surface area contributed by atoms with Gasteiger partial charge < -0.3 is 10.4 Å². The molecule has 1 saturated heterocycles. The summed E-state index contributed by atoms with van der Waals surface area (Å²) in [4.78, 5) is 0. The van der Waals surface area contributed by atoms with Crippen molar-refractivity contribution in [3.63, 3.8) is 0 Å². The Hall–Kier alpha value is -1.01. The summed E-state index contributed by atoms with van der Waals surface area (Å²) in [5.74, 6) is 6.12. The molecule has 2 nitrogen and oxygen atoms in total. The van der Waals surface area contributed by atoms with Crippen molar-refractivity contribution >= 4 is 12.4 Å². The second kappa shape index (κ2) is 6.07. The van der Waals surface area contributed by atoms with Crippen molar-refractivity contribution in [2.45, 2.75) is 25.4 Å². The zero-order valence-electron chi connectivity index (χ0n) is 9.99. The molecule has 0 saturated carbocycles. The number of aryl methyl sites for hydroxylation is 1. The van der Waals surface area contributed by atoms with Crippen molar-refractivity contribution in [3.05, 3.63) is 35.4 Å². The lowest BCUT2D eigenvalue weighted by atomic mass is 9.92. The number of nitrogens with one attached hydrogen (secondary N) is 1. The molecule has 2 rings (SSSR count). The van der Waals surface area contributed by atoms with Crippen LogP contribution >= 0.6 is 12.4 Å². The lowest BCUT2D eigenvalue weighted by Crippen LogP contribution is -2.40. The largest absolute Gasteiger partial charge is 0.377 e. The third-order valence-corrected chi connectivity index (χ3v) is 3.01. The van der Waals surface area contributed by atoms with Crippen LogP contribution in [0.3, 0.4) is 0 Å². The molecule has 0 aromatic heterocycles. The van der Waals surface area contributed by atoms with Crippen molar-refractivity contribution in [1.29, 1.82) is 0 Å². The predicted octanol–water partition coefficient (Wildman–Crippen LogP) is 1.88. The van der Waals surface area contributed by atoms with E-state index in [0.717, 1.165) is 24.2 Å². The summed E-state index contributed by atoms with van der Waals surface area (Å²) < 4.78 is 0. The Kier molecular flexibility index (Phi) is 5.02. The maximum absolute atomic E-state index is 10.2. The van der Waals surface area contributed by atoms with Crippen LogP contribution < -0.4 is 5.32 Å². The first-order valence-corrected chi connectivity index (χ1v) is 5.72. The highest BCUT2D eigenvalue weighted by Gasteiger charge is 2.26. The molecule has 1 aliphatic heterocycles. The molecule has 1 aliphatic rings. The van der Waals surface area contributed by atoms with Gasteiger partial charge in [0, 0.05) is 5.56 Å². The lowest BCUT2D eigenvalue weighted by molar-refractivity contribution is 0.0679. The fourth-order valence-electron chi connectivity index (χ4n) is 1.86. The minimum atomic E-state index is -0.798. The van der Waals surface area contributed by atoms with Crippen molar-refractivity contribution in [3.8, 4) is 11.8 Å². The average Bonchev–Trinajstić information content (AvgIpc) is 2.29. The zero-order valence-corrected chi connectivity index (χ0v) is 10.8. The summed E-state index contributed by atoms with van der Waals surface area (Å²) in [6.45, 7) is 3.73. The zero-order chi connectivity index (χ0) is 11.4. The van der Waals surface area contributed by atoms with E-state index in [4.69, 9.17) is 0 Å². The van der Waals surface area contributed by atoms with E-state index in [0.29, 0.717) is 12.8 Å². The van der Waals surface area contributed by atoms with Crippen LogP contribution in [0.5, 0.6) is 0 Å². The molecule has 0 spiro atoms. The number of hydrogen-bond acceptors (Lipinski definition) is 2. The number of aliphatic hydroxyl groups is 1. The Labute approximate surface area is 109 Å². The Morgan fingerprint density at radius 2 is 1.88 bits per heavy atom. The Bertz CT molecular complexity index is 427. The number of benzene rings is 1. The normalized spacial score (nSPS) is 17.5. The van der Waals surface area contributed by atoms with E-state index in [1.54, 1.807) is 0 Å². The van der Waals surface area contributed by atoms with Crippen LogP contribution in [-0.2, 0) is 0 Å². The molecule has 0 atom stereocenters. The van der Waals surface area contributed by atoms with E-state index < -0.39 is 5.60 Å². The lowest BCUT2D eigenvalue weighted by Gasteiger charge is -2.27. The summed E-state index contributed by atoms with van der Waals surface area (Å²) in [7, 11) is 0. The van der Waals surface area contributed by atoms with Gasteiger partial charge in [-0.05, 0) is 44.5 Å². The molecule has 0 radical (unpaired) electrons. The van der Waals surface area contributed by atoms with Gasteiger partial charge in [-0.15, -0.1) is 12.4 Å². The fourth-order valence-corrected chi connectivity index (χ4v) is 1.86. The minimum Gasteiger partial charge on any atom is -0.377 e. The molecule has 0 unspecified atom stereocenters. The topological polar surface area (TPSA) is 32.3 Å². The molecule has 92 valence electrons. The van der Waals surface area contributed by atoms with Crippen LogP contribution in [0.25, 0.3) is 0 Å². The maximum atomic E-state index is 10.2. The van der Waals surface area contributed by atoms with Crippen molar-refractivity contribution in [2.75, 3.05) is 13.1 Å². The van der Waals surface area contributed by atoms with Gasteiger partial charge in [-0.2, -0.15) is 0 Å². The Morgan fingerprint density at radius 3 is 2.53 bits per heavy atom. The van der Waals surface area contributed by atoms with E-state index in [1.807, 2.05) is 31.2 Å². The molecule has 17 heavy (non-hydrogen) atoms. The third-order valence-electron chi connectivity index (χ3n) is 3.01. The molecular formula is C14H18ClNO. The number of halogens is 1. The van der Waals surface area contributed by atoms with Crippen molar-refractivity contribution < 1.29 is 5.11 Å². The Morgan fingerprint density at radius 1 is 1.24 bits per heavy atom. The van der Waals surface area contributed by atoms with Crippen molar-refractivity contribution in [2.24, 2.45) is 0 Å². The molecule has 0 bridgehead atoms. The summed E-state index contributed by atoms with van der Waals surface area (Å²) in [5.41, 5.74) is 1.37. The first-order valence-electron chi connectivity index (χ1n) is 5.72. The van der Waals surface area contributed by atoms with Gasteiger partial charge >= 0.3 is 0 Å². The second-order valence-corrected chi connectivity index (χ2v) is 4.35. The first-order chi connectivity index (χ1) is 7.70. The molecule has 2 N–H and O–H groups in total. The number of hydrogen-bond donors (Lipinski definition) is 2. The van der Waals surface area contributed by atoms with Crippen LogP contribution in [0, 0.1) is 18.8 Å². The van der Waals surface area contributed by atoms with Crippen molar-refractivity contribution in [1.82, 2.24) is 5.32 Å². The molecule has 3 heteroatoms. The van der Waals surface area contributed by atoms with Gasteiger partial charge in [0.05, 0.1) is 0 Å². The van der Waals surface area contributed by atoms with Crippen LogP contribution in [0.15, 0.2) is 24.3 Å². The second-order valence-electron chi connectivity index (χ2n) is 4.35. The van der Waals surface area contributed by atoms with Gasteiger partial charge in [0.2, 0.25) is 0 Å². The van der Waals surface area contributed by atoms with Crippen LogP contribution in [0.4, 0.5) is 0 Å². The third kappa shape index (κ3) is 3.74. The predicted molar refractivity (Wildman–Crippen MR) is 72.4 cm³/mol. The van der Waals surface area contributed by atoms with E-state index in [-0.39, 0.29) is 12.4 Å². The maximum Gasteiger partial charge on any atom is 0.128 e. The smallest absolute Gasteiger partial charge is 0.128 e. The molecular weight excluding hydrogens is 234 g/mol. The highest BCUT2D eigenvalue weighted by Crippen LogP contribution is 2.17. The molecule has 1 aromatic rings. The molecule has 0 amide bonds. The summed E-state index contributed by atoms with van der Waals surface area (Å²) in [5, 5.41) is 13.4. The SMILES string of the molecule is Cc1ccccc1C#CC1(O)CCNCC1.Cl. The van der Waals surface area contributed by atoms with Gasteiger partial charge in [0.1, 0.15) is 5.60 Å². The van der Waals surface area contributed by atoms with E-state index in [2.05, 4.69) is 17.2 Å². The minimum absolute atomic E-state index is 0. The van der Waals surface area contributed by atoms with Gasteiger partial charge in [0.25, 0.3) is 0 Å². The van der Waals surface area contributed by atoms with Gasteiger partial charge in [-0.1, -0.05) is 30.0 Å². The molecule has 0 aliphatic carbocycles. The van der Waals surface area contributed by atoms with Crippen LogP contribution in [0.1, 0.15) is 24.0 Å². The van der Waals surface area contributed by atoms with Gasteiger partial charge in [-0.25, -0.2) is 0 Å². The standard InChI is InChI=1S/C14H17NO.ClH/c1-12-4-2-3-5-13(12)6-7-14(16)8-10-15-11-9-14;/h2-5,15-16H,8-11H2,1H3;1H. The van der Waals surface area contributed by atoms with Crippen LogP contribution in [0.2, 0.25) is 0 Å². The number of piperidine rings is 1. The summed E-state index contributed by atoms with van der Waals surface area (Å²) in [6.07, 6.45) is 1.43. The van der Waals surface area contributed by atoms with Crippen LogP contribution in [-0.4, -0.2) is 23.8 Å². The highest BCUT2D eigenvalue weighted by molar-refractivity contribution is 5.85. The molecule has 1 heterocycles.